The normalized spacial score (nSPS) is 11.1. The van der Waals surface area contributed by atoms with E-state index in [1.165, 1.54) is 98.7 Å². The summed E-state index contributed by atoms with van der Waals surface area (Å²) in [6, 6.07) is 140. The van der Waals surface area contributed by atoms with Crippen LogP contribution in [0.25, 0.3) is 0 Å². The highest BCUT2D eigenvalue weighted by Crippen LogP contribution is 2.42. The maximum absolute atomic E-state index is 12.8. The highest BCUT2D eigenvalue weighted by atomic mass is 32.2. The number of phenols is 1. The van der Waals surface area contributed by atoms with Gasteiger partial charge in [0.05, 0.1) is 54.1 Å². The molecule has 0 unspecified atom stereocenters. The van der Waals surface area contributed by atoms with E-state index in [2.05, 4.69) is 312 Å². The molecule has 0 saturated carbocycles. The molecule has 0 bridgehead atoms. The summed E-state index contributed by atoms with van der Waals surface area (Å²) in [5.41, 5.74) is 4.19. The Kier molecular flexibility index (Phi) is 29.1. The molecule has 0 aliphatic heterocycles. The smallest absolute Gasteiger partial charge is 0.416 e. The van der Waals surface area contributed by atoms with Crippen LogP contribution in [0.15, 0.2) is 507 Å². The Morgan fingerprint density at radius 3 is 0.784 bits per heavy atom. The van der Waals surface area contributed by atoms with E-state index in [4.69, 9.17) is 4.74 Å². The van der Waals surface area contributed by atoms with Gasteiger partial charge < -0.3 is 9.84 Å². The molecule has 0 spiro atoms. The third-order valence-corrected chi connectivity index (χ3v) is 30.5. The topological polar surface area (TPSA) is 72.6 Å². The van der Waals surface area contributed by atoms with Crippen molar-refractivity contribution < 1.29 is 27.9 Å². The summed E-state index contributed by atoms with van der Waals surface area (Å²) in [5.74, 6) is 2.05. The predicted molar refractivity (Wildman–Crippen MR) is 476 cm³/mol. The van der Waals surface area contributed by atoms with Gasteiger partial charge in [0.1, 0.15) is 17.2 Å². The van der Waals surface area contributed by atoms with Crippen LogP contribution in [0.4, 0.5) is 18.9 Å². The van der Waals surface area contributed by atoms with E-state index in [0.717, 1.165) is 59.2 Å². The molecule has 16 rings (SSSR count). The van der Waals surface area contributed by atoms with Gasteiger partial charge in [-0.05, 0) is 287 Å². The van der Waals surface area contributed by atoms with Gasteiger partial charge in [-0.25, -0.2) is 0 Å². The van der Waals surface area contributed by atoms with Crippen molar-refractivity contribution in [3.8, 4) is 17.2 Å². The number of hydrogen-bond donors (Lipinski definition) is 1. The quantitative estimate of drug-likeness (QED) is 0.0437. The van der Waals surface area contributed by atoms with Crippen LogP contribution in [-0.4, -0.2) is 10.0 Å². The molecule has 15 heteroatoms. The molecular weight excluding hydrogens is 1570 g/mol. The van der Waals surface area contributed by atoms with Crippen molar-refractivity contribution in [3.63, 3.8) is 0 Å². The van der Waals surface area contributed by atoms with E-state index in [1.807, 2.05) is 73.7 Å². The van der Waals surface area contributed by atoms with Crippen molar-refractivity contribution in [3.05, 3.63) is 457 Å². The van der Waals surface area contributed by atoms with E-state index in [1.54, 1.807) is 59.9 Å². The van der Waals surface area contributed by atoms with Crippen LogP contribution in [0.2, 0.25) is 0 Å². The second-order valence-corrected chi connectivity index (χ2v) is 37.9. The fourth-order valence-electron chi connectivity index (χ4n) is 12.4. The van der Waals surface area contributed by atoms with Crippen molar-refractivity contribution in [2.45, 2.75) is 122 Å². The average Bonchev–Trinajstić information content (AvgIpc) is 0.813. The van der Waals surface area contributed by atoms with E-state index in [9.17, 15) is 28.4 Å². The van der Waals surface area contributed by atoms with Gasteiger partial charge >= 0.3 is 6.18 Å². The highest BCUT2D eigenvalue weighted by molar-refractivity contribution is 8.00. The molecule has 1 N–H and O–H groups in total. The Labute approximate surface area is 702 Å². The second-order valence-electron chi connectivity index (χ2n) is 26.4. The van der Waals surface area contributed by atoms with Crippen LogP contribution in [0.5, 0.6) is 17.2 Å². The molecule has 0 aliphatic rings. The average molecular weight is 1660 g/mol. The minimum Gasteiger partial charge on any atom is -0.508 e. The third kappa shape index (κ3) is 22.6. The Hall–Kier alpha value is -11.2. The monoisotopic (exact) mass is 1650 g/mol. The lowest BCUT2D eigenvalue weighted by Gasteiger charge is -2.12. The first-order valence-electron chi connectivity index (χ1n) is 37.3. The molecule has 0 radical (unpaired) electrons. The molecule has 0 amide bonds. The van der Waals surface area contributed by atoms with Gasteiger partial charge in [0.25, 0.3) is 5.69 Å². The number of hydrogen-bond acceptors (Lipinski definition) is 7. The van der Waals surface area contributed by atoms with Gasteiger partial charge in [-0.15, -0.1) is 0 Å². The summed E-state index contributed by atoms with van der Waals surface area (Å²) < 4.78 is 44.5. The number of benzene rings is 16. The van der Waals surface area contributed by atoms with Gasteiger partial charge in [-0.1, -0.05) is 199 Å². The number of para-hydroxylation sites is 1. The molecule has 574 valence electrons. The number of aromatic hydroxyl groups is 1. The van der Waals surface area contributed by atoms with Gasteiger partial charge in [0.15, 0.2) is 58.7 Å². The second kappa shape index (κ2) is 40.9. The molecule has 0 heterocycles. The molecule has 16 aromatic rings. The number of nitro groups is 1. The lowest BCUT2D eigenvalue weighted by Crippen LogP contribution is -2.05. The summed E-state index contributed by atoms with van der Waals surface area (Å²) >= 11 is 4.84. The molecule has 0 atom stereocenters. The molecule has 0 aliphatic carbocycles. The lowest BCUT2D eigenvalue weighted by molar-refractivity contribution is -0.384. The van der Waals surface area contributed by atoms with Gasteiger partial charge in [-0.2, -0.15) is 13.2 Å². The Bertz CT molecular complexity index is 5620. The molecule has 0 saturated heterocycles. The Morgan fingerprint density at radius 1 is 0.293 bits per heavy atom. The number of nitro benzene ring substituents is 1. The standard InChI is InChI=1S/C26H20F3S2.C25H20NO2S2.C25H20OS2.C25H21OS/c1-19-18-24(31(22-8-4-2-5-9-22)23-10-6-3-7-11-23)16-17-25(19)30-21-14-12-20(13-15-21)26(27,28)29;1-19-18-24(16-17-25(19)29-21-14-12-20(13-15-21)26(27)28)30(22-8-4-2-5-9-22)23-10-6-3-7-11-23;1-19-18-24(16-17-25(19)27-21-14-12-20(26)13-15-21)28(22-8-4-2-5-9-22)23-10-6-3-7-11-23;1-20-19-24(17-18-25(20)26-21-11-5-2-6-12-21)27(22-13-7-3-8-14-22)23-15-9-4-10-16-23/h2-18H,1H3;2-18H,1H3;2-18H,1H3;2-19H,1H3/q2*+1;;+1/p+1. The Balaban J connectivity index is 0.000000135. The summed E-state index contributed by atoms with van der Waals surface area (Å²) in [6.07, 6.45) is -4.31. The van der Waals surface area contributed by atoms with Crippen molar-refractivity contribution in [1.82, 2.24) is 0 Å². The summed E-state index contributed by atoms with van der Waals surface area (Å²) in [5, 5.41) is 20.3. The number of rotatable bonds is 21. The van der Waals surface area contributed by atoms with Crippen LogP contribution in [0.3, 0.4) is 0 Å². The van der Waals surface area contributed by atoms with E-state index in [0.29, 0.717) is 5.75 Å². The minimum atomic E-state index is -4.31. The SMILES string of the molecule is Cc1cc([S+](c2ccccc2)c2ccccc2)ccc1Oc1ccccc1.Cc1cc([S+](c2ccccc2)c2ccccc2)ccc1Sc1ccc(C(F)(F)F)cc1.Cc1cc([S+](c2ccccc2)c2ccccc2)ccc1Sc1ccc(O)cc1.Cc1cc([S+](c2ccccc2)c2ccccc2)ccc1Sc1ccc([N+](=O)[O-])cc1. The first-order valence-corrected chi connectivity index (χ1v) is 44.7. The number of ether oxygens (including phenoxy) is 1. The number of nitrogens with zero attached hydrogens (tertiary/aromatic N) is 1. The molecule has 0 aromatic heterocycles. The van der Waals surface area contributed by atoms with E-state index in [-0.39, 0.29) is 54.2 Å². The number of phenolic OH excluding ortho intramolecular Hbond substituents is 1. The fraction of sp³-hybridized carbons (Fsp3) is 0.0495. The zero-order valence-electron chi connectivity index (χ0n) is 63.9. The van der Waals surface area contributed by atoms with Gasteiger partial charge in [-0.3, -0.25) is 10.1 Å². The third-order valence-electron chi connectivity index (χ3n) is 18.1. The van der Waals surface area contributed by atoms with Crippen LogP contribution in [0.1, 0.15) is 27.8 Å². The lowest BCUT2D eigenvalue weighted by atomic mass is 10.2. The van der Waals surface area contributed by atoms with E-state index >= 15 is 0 Å². The molecule has 5 nitrogen and oxygen atoms in total. The van der Waals surface area contributed by atoms with Crippen LogP contribution in [0, 0.1) is 37.8 Å². The number of non-ortho nitro benzene ring substituents is 1. The largest absolute Gasteiger partial charge is 0.508 e. The first-order chi connectivity index (χ1) is 56.5. The minimum absolute atomic E-state index is 0.112. The Morgan fingerprint density at radius 2 is 0.534 bits per heavy atom. The number of halogens is 3. The summed E-state index contributed by atoms with van der Waals surface area (Å²) in [7, 11) is -0.660. The number of alkyl halides is 3. The van der Waals surface area contributed by atoms with Crippen molar-refractivity contribution in [2.24, 2.45) is 0 Å². The van der Waals surface area contributed by atoms with Crippen LogP contribution >= 0.6 is 35.3 Å². The molecule has 0 fully saturated rings. The zero-order chi connectivity index (χ0) is 80.6. The van der Waals surface area contributed by atoms with E-state index < -0.39 is 11.7 Å². The highest BCUT2D eigenvalue weighted by Gasteiger charge is 2.34. The zero-order valence-corrected chi connectivity index (χ0v) is 69.7. The first kappa shape index (κ1) is 82.7. The maximum Gasteiger partial charge on any atom is 0.416 e. The van der Waals surface area contributed by atoms with Crippen LogP contribution in [-0.2, 0) is 49.8 Å². The summed E-state index contributed by atoms with van der Waals surface area (Å²) in [6.45, 7) is 8.45. The van der Waals surface area contributed by atoms with Crippen molar-refractivity contribution in [1.29, 1.82) is 0 Å². The van der Waals surface area contributed by atoms with Gasteiger partial charge in [0, 0.05) is 47.6 Å². The molecular formula is C101H82F3NO4S7+4. The maximum atomic E-state index is 12.8. The summed E-state index contributed by atoms with van der Waals surface area (Å²) in [4.78, 5) is 32.3. The van der Waals surface area contributed by atoms with Crippen molar-refractivity contribution >= 4 is 84.6 Å². The van der Waals surface area contributed by atoms with Crippen molar-refractivity contribution in [2.75, 3.05) is 0 Å². The van der Waals surface area contributed by atoms with Gasteiger partial charge in [0.2, 0.25) is 0 Å². The predicted octanol–water partition coefficient (Wildman–Crippen LogP) is 29.2. The fourth-order valence-corrected chi connectivity index (χ4v) is 23.7. The number of aryl methyl sites for hydroxylation is 4. The molecule has 116 heavy (non-hydrogen) atoms. The molecule has 16 aromatic carbocycles. The van der Waals surface area contributed by atoms with Crippen LogP contribution < -0.4 is 4.74 Å².